The van der Waals surface area contributed by atoms with Crippen LogP contribution < -0.4 is 4.90 Å². The van der Waals surface area contributed by atoms with Crippen LogP contribution in [0, 0.1) is 0 Å². The van der Waals surface area contributed by atoms with Crippen LogP contribution in [0.15, 0.2) is 217 Å². The molecule has 0 fully saturated rings. The average molecular weight is 690 g/mol. The van der Waals surface area contributed by atoms with Crippen molar-refractivity contribution in [3.8, 4) is 44.5 Å². The Kier molecular flexibility index (Phi) is 7.85. The Morgan fingerprint density at radius 2 is 0.741 bits per heavy atom. The molecule has 0 atom stereocenters. The number of nitrogens with zero attached hydrogens (tertiary/aromatic N) is 1. The van der Waals surface area contributed by atoms with E-state index in [1.807, 2.05) is 12.1 Å². The summed E-state index contributed by atoms with van der Waals surface area (Å²) in [5.74, 6) is 0. The van der Waals surface area contributed by atoms with E-state index in [2.05, 4.69) is 205 Å². The molecule has 254 valence electrons. The van der Waals surface area contributed by atoms with Crippen LogP contribution >= 0.6 is 0 Å². The number of fused-ring (bicyclic) bond motifs is 5. The molecule has 0 aliphatic carbocycles. The molecule has 0 saturated carbocycles. The van der Waals surface area contributed by atoms with Gasteiger partial charge >= 0.3 is 0 Å². The number of rotatable bonds is 7. The van der Waals surface area contributed by atoms with Gasteiger partial charge in [0, 0.05) is 33.2 Å². The lowest BCUT2D eigenvalue weighted by atomic mass is 9.99. The highest BCUT2D eigenvalue weighted by molar-refractivity contribution is 6.15. The number of hydrogen-bond donors (Lipinski definition) is 0. The van der Waals surface area contributed by atoms with E-state index in [-0.39, 0.29) is 0 Å². The fraction of sp³-hybridized carbons (Fsp3) is 0. The normalized spacial score (nSPS) is 11.3. The molecule has 0 saturated heterocycles. The van der Waals surface area contributed by atoms with Crippen molar-refractivity contribution >= 4 is 49.8 Å². The summed E-state index contributed by atoms with van der Waals surface area (Å²) in [4.78, 5) is 2.35. The van der Waals surface area contributed by atoms with Gasteiger partial charge in [-0.15, -0.1) is 0 Å². The molecule has 10 rings (SSSR count). The van der Waals surface area contributed by atoms with Gasteiger partial charge in [0.25, 0.3) is 0 Å². The Morgan fingerprint density at radius 1 is 0.278 bits per heavy atom. The van der Waals surface area contributed by atoms with Gasteiger partial charge in [-0.25, -0.2) is 0 Å². The summed E-state index contributed by atoms with van der Waals surface area (Å²) in [6.45, 7) is 0. The molecule has 0 N–H and O–H groups in total. The molecule has 0 aliphatic rings. The molecule has 2 nitrogen and oxygen atoms in total. The van der Waals surface area contributed by atoms with E-state index >= 15 is 0 Å². The summed E-state index contributed by atoms with van der Waals surface area (Å²) in [7, 11) is 0. The van der Waals surface area contributed by atoms with Gasteiger partial charge < -0.3 is 9.32 Å². The first kappa shape index (κ1) is 31.6. The first-order chi connectivity index (χ1) is 26.7. The van der Waals surface area contributed by atoms with Crippen molar-refractivity contribution in [2.45, 2.75) is 0 Å². The molecular weight excluding hydrogens is 655 g/mol. The number of benzene rings is 9. The number of furan rings is 1. The van der Waals surface area contributed by atoms with E-state index in [0.717, 1.165) is 55.3 Å². The molecule has 0 amide bonds. The predicted octanol–water partition coefficient (Wildman–Crippen LogP) is 14.9. The second kappa shape index (κ2) is 13.4. The Balaban J connectivity index is 1.07. The maximum absolute atomic E-state index is 6.51. The Morgan fingerprint density at radius 3 is 1.37 bits per heavy atom. The summed E-state index contributed by atoms with van der Waals surface area (Å²) in [5, 5.41) is 4.50. The summed E-state index contributed by atoms with van der Waals surface area (Å²) in [6.07, 6.45) is 0. The lowest BCUT2D eigenvalue weighted by molar-refractivity contribution is 0.672. The lowest BCUT2D eigenvalue weighted by Crippen LogP contribution is -2.10. The molecule has 0 unspecified atom stereocenters. The maximum atomic E-state index is 6.51. The average Bonchev–Trinajstić information content (AvgIpc) is 3.64. The third-order valence-corrected chi connectivity index (χ3v) is 10.5. The van der Waals surface area contributed by atoms with Crippen LogP contribution in [0.25, 0.3) is 77.2 Å². The van der Waals surface area contributed by atoms with E-state index < -0.39 is 0 Å². The van der Waals surface area contributed by atoms with Gasteiger partial charge in [0.05, 0.1) is 0 Å². The largest absolute Gasteiger partial charge is 0.455 e. The van der Waals surface area contributed by atoms with Crippen molar-refractivity contribution in [1.82, 2.24) is 0 Å². The molecule has 54 heavy (non-hydrogen) atoms. The van der Waals surface area contributed by atoms with Gasteiger partial charge in [0.2, 0.25) is 0 Å². The molecule has 0 spiro atoms. The van der Waals surface area contributed by atoms with Crippen LogP contribution in [-0.2, 0) is 0 Å². The molecule has 0 radical (unpaired) electrons. The monoisotopic (exact) mass is 689 g/mol. The Hall–Kier alpha value is -7.16. The molecule has 2 heteroatoms. The number of hydrogen-bond acceptors (Lipinski definition) is 2. The van der Waals surface area contributed by atoms with Gasteiger partial charge in [0.1, 0.15) is 11.2 Å². The standard InChI is InChI=1S/C52H35NO/c1-3-10-36(11-4-1)38-18-20-40(21-19-38)41-26-30-45(31-27-41)53(46-15-9-14-44(34-46)42-24-22-39(23-25-42)37-12-5-2-6-13-37)47-32-28-43-29-33-49-48-16-7-8-17-51(48)54-52(49)50(43)35-47/h1-35H. The smallest absolute Gasteiger partial charge is 0.143 e. The SMILES string of the molecule is c1ccc(-c2ccc(-c3ccc(N(c4cccc(-c5ccc(-c6ccccc6)cc5)c4)c4ccc5ccc6c7ccccc7oc6c5c4)cc3)cc2)cc1. The highest BCUT2D eigenvalue weighted by Crippen LogP contribution is 2.41. The summed E-state index contributed by atoms with van der Waals surface area (Å²) < 4.78 is 6.51. The van der Waals surface area contributed by atoms with Crippen LogP contribution in [-0.4, -0.2) is 0 Å². The zero-order chi connectivity index (χ0) is 35.8. The predicted molar refractivity (Wildman–Crippen MR) is 228 cm³/mol. The third kappa shape index (κ3) is 5.81. The second-order valence-electron chi connectivity index (χ2n) is 13.8. The van der Waals surface area contributed by atoms with Crippen molar-refractivity contribution in [3.63, 3.8) is 0 Å². The third-order valence-electron chi connectivity index (χ3n) is 10.5. The molecule has 10 aromatic rings. The topological polar surface area (TPSA) is 16.4 Å². The quantitative estimate of drug-likeness (QED) is 0.166. The van der Waals surface area contributed by atoms with Crippen molar-refractivity contribution in [1.29, 1.82) is 0 Å². The van der Waals surface area contributed by atoms with E-state index in [1.54, 1.807) is 0 Å². The molecule has 9 aromatic carbocycles. The van der Waals surface area contributed by atoms with Crippen molar-refractivity contribution in [3.05, 3.63) is 212 Å². The summed E-state index contributed by atoms with van der Waals surface area (Å²) >= 11 is 0. The van der Waals surface area contributed by atoms with Gasteiger partial charge in [-0.2, -0.15) is 0 Å². The summed E-state index contributed by atoms with van der Waals surface area (Å²) in [5.41, 5.74) is 14.6. The Labute approximate surface area is 314 Å². The van der Waals surface area contributed by atoms with Gasteiger partial charge in [-0.05, 0) is 98.4 Å². The first-order valence-corrected chi connectivity index (χ1v) is 18.4. The summed E-state index contributed by atoms with van der Waals surface area (Å²) in [6, 6.07) is 75.9. The van der Waals surface area contributed by atoms with Crippen LogP contribution in [0.3, 0.4) is 0 Å². The second-order valence-corrected chi connectivity index (χ2v) is 13.8. The van der Waals surface area contributed by atoms with Crippen LogP contribution in [0.1, 0.15) is 0 Å². The fourth-order valence-electron chi connectivity index (χ4n) is 7.68. The van der Waals surface area contributed by atoms with Gasteiger partial charge in [-0.1, -0.05) is 164 Å². The highest BCUT2D eigenvalue weighted by Gasteiger charge is 2.17. The minimum absolute atomic E-state index is 0.903. The minimum Gasteiger partial charge on any atom is -0.455 e. The van der Waals surface area contributed by atoms with E-state index in [0.29, 0.717) is 0 Å². The molecular formula is C52H35NO. The van der Waals surface area contributed by atoms with Crippen molar-refractivity contribution in [2.75, 3.05) is 4.90 Å². The van der Waals surface area contributed by atoms with Gasteiger partial charge in [0.15, 0.2) is 0 Å². The minimum atomic E-state index is 0.903. The van der Waals surface area contributed by atoms with Crippen LogP contribution in [0.4, 0.5) is 17.1 Å². The van der Waals surface area contributed by atoms with Crippen LogP contribution in [0.5, 0.6) is 0 Å². The Bertz CT molecular complexity index is 2890. The number of para-hydroxylation sites is 1. The first-order valence-electron chi connectivity index (χ1n) is 18.4. The zero-order valence-corrected chi connectivity index (χ0v) is 29.6. The zero-order valence-electron chi connectivity index (χ0n) is 29.6. The molecule has 0 bridgehead atoms. The van der Waals surface area contributed by atoms with Gasteiger partial charge in [-0.3, -0.25) is 0 Å². The molecule has 1 aromatic heterocycles. The van der Waals surface area contributed by atoms with Crippen LogP contribution in [0.2, 0.25) is 0 Å². The van der Waals surface area contributed by atoms with E-state index in [4.69, 9.17) is 4.42 Å². The van der Waals surface area contributed by atoms with Crippen molar-refractivity contribution in [2.24, 2.45) is 0 Å². The molecule has 0 aliphatic heterocycles. The van der Waals surface area contributed by atoms with E-state index in [1.165, 1.54) is 38.9 Å². The maximum Gasteiger partial charge on any atom is 0.143 e. The molecule has 1 heterocycles. The van der Waals surface area contributed by atoms with Crippen molar-refractivity contribution < 1.29 is 4.42 Å². The lowest BCUT2D eigenvalue weighted by Gasteiger charge is -2.26. The van der Waals surface area contributed by atoms with E-state index in [9.17, 15) is 0 Å². The fourth-order valence-corrected chi connectivity index (χ4v) is 7.68. The highest BCUT2D eigenvalue weighted by atomic mass is 16.3. The number of anilines is 3.